The Bertz CT molecular complexity index is 2070. The molecule has 2 aromatic carbocycles. The normalized spacial score (nSPS) is 12.1. The lowest BCUT2D eigenvalue weighted by Crippen LogP contribution is -2.40. The lowest BCUT2D eigenvalue weighted by Gasteiger charge is -2.28. The summed E-state index contributed by atoms with van der Waals surface area (Å²) >= 11 is 14.0. The van der Waals surface area contributed by atoms with Crippen molar-refractivity contribution in [1.82, 2.24) is 19.3 Å². The van der Waals surface area contributed by atoms with Gasteiger partial charge in [0.15, 0.2) is 6.29 Å². The van der Waals surface area contributed by atoms with Gasteiger partial charge in [-0.15, -0.1) is 0 Å². The standard InChI is InChI=1S/C36H34Cl2N4O6/c1-21(44)18-41(35(46)48-36(2,3)4)19-23-12-13-29(40-33(23)47-5)28-11-7-10-27(32(28)38)26-9-6-8-25(31(26)37)22-14-15-42-30(16-22)39-17-24(20-43)34(42)45/h6-17,20-21,44H,18-19H2,1-5H3/t21-/m1/s1. The number of amides is 1. The number of hydrogen-bond donors (Lipinski definition) is 1. The van der Waals surface area contributed by atoms with Crippen LogP contribution in [0.2, 0.25) is 10.0 Å². The third-order valence-corrected chi connectivity index (χ3v) is 8.18. The first-order chi connectivity index (χ1) is 22.8. The molecule has 0 bridgehead atoms. The molecule has 1 amide bonds. The first kappa shape index (κ1) is 34.6. The number of hydrogen-bond acceptors (Lipinski definition) is 8. The highest BCUT2D eigenvalue weighted by Gasteiger charge is 2.25. The summed E-state index contributed by atoms with van der Waals surface area (Å²) in [5.41, 5.74) is 3.73. The van der Waals surface area contributed by atoms with Crippen LogP contribution in [-0.4, -0.2) is 62.1 Å². The molecule has 0 aliphatic rings. The molecule has 12 heteroatoms. The van der Waals surface area contributed by atoms with E-state index in [0.717, 1.165) is 5.56 Å². The van der Waals surface area contributed by atoms with E-state index in [-0.39, 0.29) is 24.5 Å². The van der Waals surface area contributed by atoms with Crippen LogP contribution in [0.25, 0.3) is 39.2 Å². The smallest absolute Gasteiger partial charge is 0.410 e. The minimum absolute atomic E-state index is 0.0318. The number of aliphatic hydroxyl groups excluding tert-OH is 1. The number of carbonyl (C=O) groups is 2. The molecule has 1 atom stereocenters. The highest BCUT2D eigenvalue weighted by molar-refractivity contribution is 6.39. The SMILES string of the molecule is COc1nc(-c2cccc(-c3cccc(-c4ccn5c(=O)c(C=O)cnc5c4)c3Cl)c2Cl)ccc1CN(C[C@@H](C)O)C(=O)OC(C)(C)C. The van der Waals surface area contributed by atoms with Gasteiger partial charge in [-0.3, -0.25) is 14.0 Å². The fraction of sp³-hybridized carbons (Fsp3) is 0.250. The topological polar surface area (TPSA) is 123 Å². The number of pyridine rings is 2. The van der Waals surface area contributed by atoms with E-state index in [9.17, 15) is 19.5 Å². The Balaban J connectivity index is 1.49. The van der Waals surface area contributed by atoms with Gasteiger partial charge >= 0.3 is 6.09 Å². The van der Waals surface area contributed by atoms with Gasteiger partial charge in [-0.1, -0.05) is 59.6 Å². The van der Waals surface area contributed by atoms with Crippen LogP contribution in [0.1, 0.15) is 43.6 Å². The second-order valence-electron chi connectivity index (χ2n) is 12.2. The van der Waals surface area contributed by atoms with Gasteiger partial charge < -0.3 is 19.5 Å². The molecule has 0 aliphatic carbocycles. The van der Waals surface area contributed by atoms with Gasteiger partial charge in [0.2, 0.25) is 5.88 Å². The predicted molar refractivity (Wildman–Crippen MR) is 186 cm³/mol. The van der Waals surface area contributed by atoms with Crippen molar-refractivity contribution in [1.29, 1.82) is 0 Å². The van der Waals surface area contributed by atoms with Crippen LogP contribution in [0, 0.1) is 0 Å². The number of aromatic nitrogens is 3. The number of rotatable bonds is 9. The first-order valence-electron chi connectivity index (χ1n) is 15.1. The van der Waals surface area contributed by atoms with Crippen molar-refractivity contribution in [3.63, 3.8) is 0 Å². The molecule has 0 spiro atoms. The third kappa shape index (κ3) is 7.36. The molecule has 0 fully saturated rings. The van der Waals surface area contributed by atoms with Crippen molar-refractivity contribution in [3.8, 4) is 39.4 Å². The summed E-state index contributed by atoms with van der Waals surface area (Å²) in [6.07, 6.45) is 1.95. The Kier molecular flexibility index (Phi) is 10.2. The zero-order valence-corrected chi connectivity index (χ0v) is 28.5. The predicted octanol–water partition coefficient (Wildman–Crippen LogP) is 7.34. The lowest BCUT2D eigenvalue weighted by atomic mass is 9.97. The van der Waals surface area contributed by atoms with E-state index in [1.807, 2.05) is 36.4 Å². The fourth-order valence-corrected chi connectivity index (χ4v) is 5.87. The van der Waals surface area contributed by atoms with Gasteiger partial charge in [-0.2, -0.15) is 0 Å². The maximum atomic E-state index is 12.9. The average molecular weight is 690 g/mol. The van der Waals surface area contributed by atoms with Crippen molar-refractivity contribution in [3.05, 3.63) is 105 Å². The average Bonchev–Trinajstić information content (AvgIpc) is 3.04. The Labute approximate surface area is 287 Å². The Morgan fingerprint density at radius 2 is 1.67 bits per heavy atom. The lowest BCUT2D eigenvalue weighted by molar-refractivity contribution is 0.0141. The largest absolute Gasteiger partial charge is 0.481 e. The third-order valence-electron chi connectivity index (χ3n) is 7.37. The number of ether oxygens (including phenoxy) is 2. The van der Waals surface area contributed by atoms with E-state index in [2.05, 4.69) is 4.98 Å². The van der Waals surface area contributed by atoms with E-state index < -0.39 is 23.4 Å². The molecule has 5 rings (SSSR count). The summed E-state index contributed by atoms with van der Waals surface area (Å²) in [5, 5.41) is 10.9. The first-order valence-corrected chi connectivity index (χ1v) is 15.8. The highest BCUT2D eigenvalue weighted by atomic mass is 35.5. The number of halogens is 2. The van der Waals surface area contributed by atoms with E-state index in [0.29, 0.717) is 55.5 Å². The highest BCUT2D eigenvalue weighted by Crippen LogP contribution is 2.42. The van der Waals surface area contributed by atoms with Crippen LogP contribution in [0.15, 0.2) is 77.9 Å². The number of fused-ring (bicyclic) bond motifs is 1. The number of nitrogens with zero attached hydrogens (tertiary/aromatic N) is 4. The van der Waals surface area contributed by atoms with Gasteiger partial charge in [-0.05, 0) is 57.5 Å². The molecule has 0 saturated carbocycles. The van der Waals surface area contributed by atoms with Crippen LogP contribution < -0.4 is 10.3 Å². The number of carbonyl (C=O) groups excluding carboxylic acids is 2. The quantitative estimate of drug-likeness (QED) is 0.160. The summed E-state index contributed by atoms with van der Waals surface area (Å²) in [4.78, 5) is 47.0. The molecule has 5 aromatic rings. The van der Waals surface area contributed by atoms with Gasteiger partial charge in [0.05, 0.1) is 47.6 Å². The molecule has 3 aromatic heterocycles. The molecule has 0 aliphatic heterocycles. The van der Waals surface area contributed by atoms with Crippen LogP contribution in [0.5, 0.6) is 5.88 Å². The van der Waals surface area contributed by atoms with Crippen LogP contribution in [0.4, 0.5) is 4.79 Å². The van der Waals surface area contributed by atoms with E-state index in [1.165, 1.54) is 22.6 Å². The molecule has 48 heavy (non-hydrogen) atoms. The number of methoxy groups -OCH3 is 1. The summed E-state index contributed by atoms with van der Waals surface area (Å²) in [5.74, 6) is 0.289. The zero-order valence-electron chi connectivity index (χ0n) is 27.0. The number of aldehydes is 1. The number of benzene rings is 2. The molecular formula is C36H34Cl2N4O6. The van der Waals surface area contributed by atoms with Crippen molar-refractivity contribution in [2.45, 2.75) is 45.9 Å². The maximum absolute atomic E-state index is 12.9. The maximum Gasteiger partial charge on any atom is 0.410 e. The summed E-state index contributed by atoms with van der Waals surface area (Å²) in [6, 6.07) is 18.2. The van der Waals surface area contributed by atoms with Crippen LogP contribution in [-0.2, 0) is 11.3 Å². The summed E-state index contributed by atoms with van der Waals surface area (Å²) in [7, 11) is 1.49. The number of aliphatic hydroxyl groups is 1. The minimum atomic E-state index is -0.776. The Morgan fingerprint density at radius 1 is 1.02 bits per heavy atom. The molecule has 248 valence electrons. The Hall–Kier alpha value is -4.77. The van der Waals surface area contributed by atoms with E-state index in [1.54, 1.807) is 58.2 Å². The fourth-order valence-electron chi connectivity index (χ4n) is 5.21. The summed E-state index contributed by atoms with van der Waals surface area (Å²) < 4.78 is 12.5. The van der Waals surface area contributed by atoms with Crippen molar-refractivity contribution >= 4 is 41.2 Å². The molecule has 0 radical (unpaired) electrons. The van der Waals surface area contributed by atoms with Gasteiger partial charge in [0.1, 0.15) is 11.2 Å². The second-order valence-corrected chi connectivity index (χ2v) is 12.9. The van der Waals surface area contributed by atoms with Gasteiger partial charge in [0, 0.05) is 40.2 Å². The van der Waals surface area contributed by atoms with Crippen LogP contribution in [0.3, 0.4) is 0 Å². The summed E-state index contributed by atoms with van der Waals surface area (Å²) in [6.45, 7) is 7.09. The van der Waals surface area contributed by atoms with E-state index in [4.69, 9.17) is 37.7 Å². The molecule has 3 heterocycles. The van der Waals surface area contributed by atoms with Crippen molar-refractivity contribution in [2.75, 3.05) is 13.7 Å². The molecule has 0 saturated heterocycles. The molecule has 10 nitrogen and oxygen atoms in total. The van der Waals surface area contributed by atoms with Gasteiger partial charge in [0.25, 0.3) is 5.56 Å². The van der Waals surface area contributed by atoms with Crippen molar-refractivity contribution < 1.29 is 24.2 Å². The van der Waals surface area contributed by atoms with E-state index >= 15 is 0 Å². The zero-order chi connectivity index (χ0) is 34.7. The second kappa shape index (κ2) is 14.1. The van der Waals surface area contributed by atoms with Crippen LogP contribution >= 0.6 is 23.2 Å². The minimum Gasteiger partial charge on any atom is -0.481 e. The van der Waals surface area contributed by atoms with Gasteiger partial charge in [-0.25, -0.2) is 14.8 Å². The Morgan fingerprint density at radius 3 is 2.29 bits per heavy atom. The molecule has 0 unspecified atom stereocenters. The van der Waals surface area contributed by atoms with Crippen molar-refractivity contribution in [2.24, 2.45) is 0 Å². The monoisotopic (exact) mass is 688 g/mol. The molecular weight excluding hydrogens is 655 g/mol. The molecule has 1 N–H and O–H groups in total.